The summed E-state index contributed by atoms with van der Waals surface area (Å²) in [6, 6.07) is 0. The Morgan fingerprint density at radius 2 is 1.93 bits per heavy atom. The van der Waals surface area contributed by atoms with Gasteiger partial charge in [-0.15, -0.1) is 0 Å². The highest BCUT2D eigenvalue weighted by molar-refractivity contribution is 5.77. The molecule has 0 spiro atoms. The van der Waals surface area contributed by atoms with Gasteiger partial charge in [-0.05, 0) is 0 Å². The van der Waals surface area contributed by atoms with Crippen molar-refractivity contribution in [3.63, 3.8) is 0 Å². The zero-order valence-electron chi connectivity index (χ0n) is 7.15. The first-order valence-electron chi connectivity index (χ1n) is 4.02. The molecule has 5 N–H and O–H groups in total. The molecule has 0 unspecified atom stereocenters. The third kappa shape index (κ3) is 1.86. The molecule has 14 heavy (non-hydrogen) atoms. The van der Waals surface area contributed by atoms with Crippen LogP contribution in [0.3, 0.4) is 0 Å². The van der Waals surface area contributed by atoms with Crippen LogP contribution in [0.4, 0.5) is 0 Å². The summed E-state index contributed by atoms with van der Waals surface area (Å²) in [5.74, 6) is -1.06. The third-order valence-electron chi connectivity index (χ3n) is 2.07. The summed E-state index contributed by atoms with van der Waals surface area (Å²) in [7, 11) is 0. The van der Waals surface area contributed by atoms with Crippen LogP contribution in [-0.2, 0) is 9.53 Å². The summed E-state index contributed by atoms with van der Waals surface area (Å²) in [5.41, 5.74) is 0. The van der Waals surface area contributed by atoms with Crippen LogP contribution in [-0.4, -0.2) is 68.6 Å². The van der Waals surface area contributed by atoms with Crippen LogP contribution in [0.1, 0.15) is 0 Å². The Kier molecular flexibility index (Phi) is 3.40. The van der Waals surface area contributed by atoms with Gasteiger partial charge < -0.3 is 30.3 Å². The summed E-state index contributed by atoms with van der Waals surface area (Å²) in [4.78, 5) is 10.7. The van der Waals surface area contributed by atoms with Crippen molar-refractivity contribution in [1.29, 1.82) is 0 Å². The van der Waals surface area contributed by atoms with Gasteiger partial charge in [-0.1, -0.05) is 0 Å². The molecular weight excluding hydrogens is 196 g/mol. The molecule has 7 heteroatoms. The van der Waals surface area contributed by atoms with Gasteiger partial charge in [-0.3, -0.25) is 0 Å². The first kappa shape index (κ1) is 11.3. The van der Waals surface area contributed by atoms with Crippen LogP contribution in [0, 0.1) is 0 Å². The van der Waals surface area contributed by atoms with Crippen LogP contribution in [0.5, 0.6) is 0 Å². The highest BCUT2D eigenvalue weighted by Crippen LogP contribution is 2.20. The molecule has 0 amide bonds. The fourth-order valence-electron chi connectivity index (χ4n) is 1.19. The van der Waals surface area contributed by atoms with E-state index in [0.717, 1.165) is 0 Å². The molecule has 1 aliphatic heterocycles. The zero-order valence-corrected chi connectivity index (χ0v) is 7.15. The maximum absolute atomic E-state index is 10.7. The number of hydrogen-bond donors (Lipinski definition) is 5. The highest BCUT2D eigenvalue weighted by Gasteiger charge is 2.47. The van der Waals surface area contributed by atoms with Gasteiger partial charge in [0.05, 0.1) is 6.61 Å². The van der Waals surface area contributed by atoms with Crippen LogP contribution >= 0.6 is 0 Å². The summed E-state index contributed by atoms with van der Waals surface area (Å²) >= 11 is 0. The van der Waals surface area contributed by atoms with E-state index in [1.807, 2.05) is 0 Å². The largest absolute Gasteiger partial charge is 0.455 e. The lowest BCUT2D eigenvalue weighted by Crippen LogP contribution is -2.46. The second-order valence-corrected chi connectivity index (χ2v) is 3.08. The molecule has 1 fully saturated rings. The van der Waals surface area contributed by atoms with Gasteiger partial charge in [0.15, 0.2) is 12.2 Å². The molecule has 7 nitrogen and oxygen atoms in total. The quantitative estimate of drug-likeness (QED) is 0.302. The molecule has 0 saturated carbocycles. The molecule has 0 radical (unpaired) electrons. The average molecular weight is 208 g/mol. The van der Waals surface area contributed by atoms with Crippen molar-refractivity contribution < 1.29 is 35.1 Å². The van der Waals surface area contributed by atoms with Crippen molar-refractivity contribution in [2.24, 2.45) is 0 Å². The molecule has 5 atom stereocenters. The number of rotatable bonds is 3. The van der Waals surface area contributed by atoms with Gasteiger partial charge in [0, 0.05) is 0 Å². The summed E-state index contributed by atoms with van der Waals surface area (Å²) < 4.78 is 4.41. The topological polar surface area (TPSA) is 127 Å². The van der Waals surface area contributed by atoms with Gasteiger partial charge in [-0.25, -0.2) is 4.79 Å². The lowest BCUT2D eigenvalue weighted by molar-refractivity contribution is -0.155. The molecule has 1 rings (SSSR count). The lowest BCUT2D eigenvalue weighted by atomic mass is 10.0. The highest BCUT2D eigenvalue weighted by atomic mass is 16.6. The van der Waals surface area contributed by atoms with Crippen LogP contribution in [0.25, 0.3) is 0 Å². The Balaban J connectivity index is 2.66. The standard InChI is InChI=1S/C7H12O7/c8-1-2(9)3(10)6-4(11)5(12)7(13)14-6/h2-6,8-12H,1H2/t2-,3+,4+,5+,6-/m0/s1. The van der Waals surface area contributed by atoms with Gasteiger partial charge in [0.1, 0.15) is 18.3 Å². The maximum atomic E-state index is 10.7. The van der Waals surface area contributed by atoms with Crippen molar-refractivity contribution in [2.75, 3.05) is 6.61 Å². The number of carbonyl (C=O) groups excluding carboxylic acids is 1. The third-order valence-corrected chi connectivity index (χ3v) is 2.07. The Bertz CT molecular complexity index is 218. The smallest absolute Gasteiger partial charge is 0.338 e. The second kappa shape index (κ2) is 4.20. The Hall–Kier alpha value is -0.730. The molecule has 0 aliphatic carbocycles. The minimum absolute atomic E-state index is 0.738. The van der Waals surface area contributed by atoms with E-state index in [1.54, 1.807) is 0 Å². The van der Waals surface area contributed by atoms with E-state index in [-0.39, 0.29) is 0 Å². The number of cyclic esters (lactones) is 1. The Morgan fingerprint density at radius 3 is 2.29 bits per heavy atom. The van der Waals surface area contributed by atoms with Gasteiger partial charge in [-0.2, -0.15) is 0 Å². The Labute approximate surface area is 79.2 Å². The van der Waals surface area contributed by atoms with E-state index >= 15 is 0 Å². The molecular formula is C7H12O7. The van der Waals surface area contributed by atoms with Crippen LogP contribution in [0.15, 0.2) is 0 Å². The molecule has 1 aliphatic rings. The maximum Gasteiger partial charge on any atom is 0.338 e. The van der Waals surface area contributed by atoms with Gasteiger partial charge in [0.25, 0.3) is 0 Å². The fourth-order valence-corrected chi connectivity index (χ4v) is 1.19. The summed E-state index contributed by atoms with van der Waals surface area (Å²) in [6.07, 6.45) is -7.90. The first-order chi connectivity index (χ1) is 6.49. The van der Waals surface area contributed by atoms with Crippen molar-refractivity contribution in [1.82, 2.24) is 0 Å². The van der Waals surface area contributed by atoms with Crippen LogP contribution in [0.2, 0.25) is 0 Å². The van der Waals surface area contributed by atoms with E-state index in [1.165, 1.54) is 0 Å². The number of esters is 1. The van der Waals surface area contributed by atoms with Crippen LogP contribution < -0.4 is 0 Å². The molecule has 0 aromatic heterocycles. The molecule has 0 aromatic rings. The van der Waals surface area contributed by atoms with E-state index in [9.17, 15) is 15.0 Å². The Morgan fingerprint density at radius 1 is 1.36 bits per heavy atom. The second-order valence-electron chi connectivity index (χ2n) is 3.08. The van der Waals surface area contributed by atoms with Crippen molar-refractivity contribution >= 4 is 5.97 Å². The minimum atomic E-state index is -1.72. The van der Waals surface area contributed by atoms with Crippen molar-refractivity contribution in [3.8, 4) is 0 Å². The van der Waals surface area contributed by atoms with E-state index in [4.69, 9.17) is 15.3 Å². The molecule has 82 valence electrons. The predicted molar refractivity (Wildman–Crippen MR) is 41.0 cm³/mol. The molecule has 1 saturated heterocycles. The SMILES string of the molecule is O=C1O[C@@H]([C@H](O)[C@@H](O)CO)[C@H](O)[C@H]1O. The average Bonchev–Trinajstić information content (AvgIpc) is 2.43. The monoisotopic (exact) mass is 208 g/mol. The summed E-state index contributed by atoms with van der Waals surface area (Å²) in [5, 5.41) is 44.9. The number of aliphatic hydroxyl groups is 5. The minimum Gasteiger partial charge on any atom is -0.455 e. The molecule has 0 aromatic carbocycles. The normalized spacial score (nSPS) is 36.6. The van der Waals surface area contributed by atoms with E-state index < -0.39 is 43.1 Å². The molecule has 0 bridgehead atoms. The van der Waals surface area contributed by atoms with Crippen molar-refractivity contribution in [2.45, 2.75) is 30.5 Å². The van der Waals surface area contributed by atoms with E-state index in [0.29, 0.717) is 0 Å². The first-order valence-corrected chi connectivity index (χ1v) is 4.02. The number of aliphatic hydroxyl groups excluding tert-OH is 5. The summed E-state index contributed by atoms with van der Waals surface area (Å²) in [6.45, 7) is -0.738. The van der Waals surface area contributed by atoms with Gasteiger partial charge in [0.2, 0.25) is 0 Å². The fraction of sp³-hybridized carbons (Fsp3) is 0.857. The number of hydrogen-bond acceptors (Lipinski definition) is 7. The number of carbonyl (C=O) groups is 1. The molecule has 1 heterocycles. The van der Waals surface area contributed by atoms with Crippen molar-refractivity contribution in [3.05, 3.63) is 0 Å². The number of ether oxygens (including phenoxy) is 1. The zero-order chi connectivity index (χ0) is 10.9. The lowest BCUT2D eigenvalue weighted by Gasteiger charge is -2.23. The predicted octanol–water partition coefficient (Wildman–Crippen LogP) is -3.65. The van der Waals surface area contributed by atoms with Gasteiger partial charge >= 0.3 is 5.97 Å². The van der Waals surface area contributed by atoms with E-state index in [2.05, 4.69) is 4.74 Å².